The predicted octanol–water partition coefficient (Wildman–Crippen LogP) is 2.91. The average molecular weight is 351 g/mol. The van der Waals surface area contributed by atoms with Gasteiger partial charge in [0.2, 0.25) is 0 Å². The van der Waals surface area contributed by atoms with Crippen molar-refractivity contribution in [3.8, 4) is 0 Å². The molecule has 0 aliphatic rings. The number of nitrogens with one attached hydrogen (secondary N) is 1. The smallest absolute Gasteiger partial charge is 0.283 e. The molecule has 0 radical (unpaired) electrons. The lowest BCUT2D eigenvalue weighted by Crippen LogP contribution is -2.26. The van der Waals surface area contributed by atoms with Gasteiger partial charge in [0, 0.05) is 11.0 Å². The Morgan fingerprint density at radius 2 is 2.31 bits per heavy atom. The Labute approximate surface area is 111 Å². The van der Waals surface area contributed by atoms with Gasteiger partial charge in [0.05, 0.1) is 17.9 Å². The van der Waals surface area contributed by atoms with Crippen molar-refractivity contribution in [3.63, 3.8) is 0 Å². The molecule has 0 aromatic carbocycles. The Hall–Kier alpha value is -0.620. The molecule has 1 rings (SSSR count). The summed E-state index contributed by atoms with van der Waals surface area (Å²) in [6, 6.07) is 0.0454. The van der Waals surface area contributed by atoms with E-state index in [-0.39, 0.29) is 11.6 Å². The van der Waals surface area contributed by atoms with E-state index in [9.17, 15) is 4.79 Å². The highest BCUT2D eigenvalue weighted by Gasteiger charge is 2.10. The maximum atomic E-state index is 11.9. The van der Waals surface area contributed by atoms with Gasteiger partial charge in [-0.25, -0.2) is 4.68 Å². The van der Waals surface area contributed by atoms with E-state index in [1.54, 1.807) is 6.20 Å². The van der Waals surface area contributed by atoms with Crippen LogP contribution in [0.4, 0.5) is 5.69 Å². The molecule has 0 aliphatic carbocycles. The normalized spacial score (nSPS) is 10.6. The third-order valence-electron chi connectivity index (χ3n) is 1.90. The first-order chi connectivity index (χ1) is 7.43. The van der Waals surface area contributed by atoms with Crippen LogP contribution in [0.3, 0.4) is 0 Å². The number of nitrogens with zero attached hydrogens (tertiary/aromatic N) is 2. The maximum absolute atomic E-state index is 11.9. The van der Waals surface area contributed by atoms with Crippen LogP contribution in [-0.4, -0.2) is 16.3 Å². The summed E-state index contributed by atoms with van der Waals surface area (Å²) in [5.74, 6) is 0. The lowest BCUT2D eigenvalue weighted by molar-refractivity contribution is 0.501. The molecular weight excluding hydrogens is 338 g/mol. The Bertz CT molecular complexity index is 454. The molecule has 6 heteroatoms. The molecule has 0 saturated heterocycles. The predicted molar refractivity (Wildman–Crippen MR) is 73.1 cm³/mol. The van der Waals surface area contributed by atoms with Gasteiger partial charge in [0.1, 0.15) is 4.47 Å². The van der Waals surface area contributed by atoms with Gasteiger partial charge < -0.3 is 5.32 Å². The number of anilines is 1. The molecule has 1 heterocycles. The van der Waals surface area contributed by atoms with Gasteiger partial charge >= 0.3 is 0 Å². The fourth-order valence-electron chi connectivity index (χ4n) is 1.13. The Balaban J connectivity index is 3.03. The van der Waals surface area contributed by atoms with Gasteiger partial charge in [-0.05, 0) is 29.8 Å². The summed E-state index contributed by atoms with van der Waals surface area (Å²) in [6.45, 7) is 8.07. The molecule has 0 unspecified atom stereocenters. The van der Waals surface area contributed by atoms with E-state index in [4.69, 9.17) is 0 Å². The highest BCUT2D eigenvalue weighted by molar-refractivity contribution is 9.11. The van der Waals surface area contributed by atoms with Crippen molar-refractivity contribution in [2.75, 3.05) is 11.9 Å². The van der Waals surface area contributed by atoms with Crippen molar-refractivity contribution in [1.82, 2.24) is 9.78 Å². The van der Waals surface area contributed by atoms with E-state index in [1.165, 1.54) is 4.68 Å². The second-order valence-corrected chi connectivity index (χ2v) is 5.50. The minimum absolute atomic E-state index is 0.0454. The van der Waals surface area contributed by atoms with Crippen LogP contribution in [-0.2, 0) is 0 Å². The lowest BCUT2D eigenvalue weighted by atomic mass is 10.4. The number of hydrogen-bond acceptors (Lipinski definition) is 3. The molecule has 1 aromatic heterocycles. The first-order valence-corrected chi connectivity index (χ1v) is 6.36. The molecule has 16 heavy (non-hydrogen) atoms. The van der Waals surface area contributed by atoms with Crippen molar-refractivity contribution in [2.45, 2.75) is 19.9 Å². The monoisotopic (exact) mass is 349 g/mol. The summed E-state index contributed by atoms with van der Waals surface area (Å²) >= 11 is 6.51. The van der Waals surface area contributed by atoms with E-state index >= 15 is 0 Å². The van der Waals surface area contributed by atoms with E-state index in [0.29, 0.717) is 16.7 Å². The largest absolute Gasteiger partial charge is 0.378 e. The Morgan fingerprint density at radius 1 is 1.69 bits per heavy atom. The molecule has 4 nitrogen and oxygen atoms in total. The van der Waals surface area contributed by atoms with Gasteiger partial charge in [-0.1, -0.05) is 22.5 Å². The van der Waals surface area contributed by atoms with E-state index < -0.39 is 0 Å². The molecule has 0 bridgehead atoms. The SMILES string of the molecule is C=C(Br)CNc1cnn(C(C)C)c(=O)c1Br. The summed E-state index contributed by atoms with van der Waals surface area (Å²) in [5.41, 5.74) is 0.530. The topological polar surface area (TPSA) is 46.9 Å². The third-order valence-corrected chi connectivity index (χ3v) is 2.95. The van der Waals surface area contributed by atoms with Crippen molar-refractivity contribution in [2.24, 2.45) is 0 Å². The summed E-state index contributed by atoms with van der Waals surface area (Å²) in [6.07, 6.45) is 1.63. The Kier molecular flexibility index (Phi) is 4.73. The summed E-state index contributed by atoms with van der Waals surface area (Å²) in [7, 11) is 0. The molecule has 0 saturated carbocycles. The summed E-state index contributed by atoms with van der Waals surface area (Å²) in [4.78, 5) is 11.9. The zero-order chi connectivity index (χ0) is 12.3. The van der Waals surface area contributed by atoms with Crippen molar-refractivity contribution in [3.05, 3.63) is 32.1 Å². The van der Waals surface area contributed by atoms with E-state index in [1.807, 2.05) is 13.8 Å². The first-order valence-electron chi connectivity index (χ1n) is 4.78. The number of hydrogen-bond donors (Lipinski definition) is 1. The van der Waals surface area contributed by atoms with E-state index in [2.05, 4.69) is 48.9 Å². The van der Waals surface area contributed by atoms with Crippen LogP contribution in [0.15, 0.2) is 26.5 Å². The fraction of sp³-hybridized carbons (Fsp3) is 0.400. The lowest BCUT2D eigenvalue weighted by Gasteiger charge is -2.11. The molecule has 0 spiro atoms. The molecule has 1 aromatic rings. The second-order valence-electron chi connectivity index (χ2n) is 3.59. The van der Waals surface area contributed by atoms with Gasteiger partial charge in [-0.2, -0.15) is 5.10 Å². The van der Waals surface area contributed by atoms with Gasteiger partial charge in [0.25, 0.3) is 5.56 Å². The Morgan fingerprint density at radius 3 is 2.81 bits per heavy atom. The number of rotatable bonds is 4. The van der Waals surface area contributed by atoms with Crippen LogP contribution in [0.1, 0.15) is 19.9 Å². The fourth-order valence-corrected chi connectivity index (χ4v) is 1.69. The van der Waals surface area contributed by atoms with Crippen molar-refractivity contribution in [1.29, 1.82) is 0 Å². The van der Waals surface area contributed by atoms with Crippen molar-refractivity contribution >= 4 is 37.5 Å². The van der Waals surface area contributed by atoms with Gasteiger partial charge in [0.15, 0.2) is 0 Å². The van der Waals surface area contributed by atoms with Crippen LogP contribution < -0.4 is 10.9 Å². The minimum atomic E-state index is -0.139. The highest BCUT2D eigenvalue weighted by atomic mass is 79.9. The van der Waals surface area contributed by atoms with Crippen molar-refractivity contribution < 1.29 is 0 Å². The molecule has 0 fully saturated rings. The van der Waals surface area contributed by atoms with Crippen LogP contribution in [0, 0.1) is 0 Å². The molecular formula is C10H13Br2N3O. The van der Waals surface area contributed by atoms with E-state index in [0.717, 1.165) is 4.48 Å². The van der Waals surface area contributed by atoms with Gasteiger partial charge in [-0.15, -0.1) is 0 Å². The van der Waals surface area contributed by atoms with Crippen LogP contribution in [0.2, 0.25) is 0 Å². The summed E-state index contributed by atoms with van der Waals surface area (Å²) < 4.78 is 2.73. The first kappa shape index (κ1) is 13.4. The molecule has 0 aliphatic heterocycles. The molecule has 0 amide bonds. The maximum Gasteiger partial charge on any atom is 0.283 e. The van der Waals surface area contributed by atoms with Crippen LogP contribution in [0.5, 0.6) is 0 Å². The molecule has 1 N–H and O–H groups in total. The zero-order valence-corrected chi connectivity index (χ0v) is 12.3. The van der Waals surface area contributed by atoms with Crippen LogP contribution >= 0.6 is 31.9 Å². The van der Waals surface area contributed by atoms with Gasteiger partial charge in [-0.3, -0.25) is 4.79 Å². The quantitative estimate of drug-likeness (QED) is 0.908. The third kappa shape index (κ3) is 3.18. The standard InChI is InChI=1S/C10H13Br2N3O/c1-6(2)15-10(16)9(12)8(5-14-15)13-4-7(3)11/h5-6,13H,3-4H2,1-2H3. The number of halogens is 2. The number of aromatic nitrogens is 2. The highest BCUT2D eigenvalue weighted by Crippen LogP contribution is 2.17. The molecule has 0 atom stereocenters. The molecule has 88 valence electrons. The van der Waals surface area contributed by atoms with Crippen LogP contribution in [0.25, 0.3) is 0 Å². The second kappa shape index (κ2) is 5.63. The zero-order valence-electron chi connectivity index (χ0n) is 9.13. The minimum Gasteiger partial charge on any atom is -0.378 e. The summed E-state index contributed by atoms with van der Waals surface area (Å²) in [5, 5.41) is 7.13. The average Bonchev–Trinajstić information content (AvgIpc) is 2.19.